The molecule has 0 amide bonds. The number of carbonyl (C=O) groups excluding carboxylic acids is 2. The summed E-state index contributed by atoms with van der Waals surface area (Å²) in [6.45, 7) is 3.94. The minimum atomic E-state index is -0.554. The Morgan fingerprint density at radius 1 is 1.00 bits per heavy atom. The van der Waals surface area contributed by atoms with Crippen molar-refractivity contribution in [3.05, 3.63) is 29.3 Å². The van der Waals surface area contributed by atoms with Crippen molar-refractivity contribution in [2.24, 2.45) is 0 Å². The molecule has 23 heavy (non-hydrogen) atoms. The van der Waals surface area contributed by atoms with Crippen LogP contribution in [0.1, 0.15) is 66.7 Å². The lowest BCUT2D eigenvalue weighted by molar-refractivity contribution is 0.0470. The van der Waals surface area contributed by atoms with Gasteiger partial charge in [-0.05, 0) is 51.7 Å². The van der Waals surface area contributed by atoms with E-state index in [0.29, 0.717) is 5.75 Å². The maximum absolute atomic E-state index is 12.3. The second-order valence-electron chi connectivity index (χ2n) is 5.50. The average Bonchev–Trinajstić information content (AvgIpc) is 2.56. The van der Waals surface area contributed by atoms with Crippen molar-refractivity contribution < 1.29 is 23.8 Å². The summed E-state index contributed by atoms with van der Waals surface area (Å²) >= 11 is 0. The van der Waals surface area contributed by atoms with Crippen LogP contribution in [0.5, 0.6) is 5.75 Å². The van der Waals surface area contributed by atoms with Gasteiger partial charge in [0, 0.05) is 0 Å². The first-order valence-corrected chi connectivity index (χ1v) is 8.31. The van der Waals surface area contributed by atoms with Gasteiger partial charge in [0.05, 0.1) is 24.9 Å². The zero-order chi connectivity index (χ0) is 16.7. The van der Waals surface area contributed by atoms with Crippen molar-refractivity contribution in [1.82, 2.24) is 0 Å². The smallest absolute Gasteiger partial charge is 0.342 e. The molecule has 1 aromatic carbocycles. The first kappa shape index (κ1) is 17.3. The van der Waals surface area contributed by atoms with Crippen LogP contribution in [-0.4, -0.2) is 31.3 Å². The summed E-state index contributed by atoms with van der Waals surface area (Å²) in [6.07, 6.45) is 5.47. The number of esters is 2. The van der Waals surface area contributed by atoms with Crippen LogP contribution in [-0.2, 0) is 9.47 Å². The van der Waals surface area contributed by atoms with Gasteiger partial charge in [0.2, 0.25) is 0 Å². The summed E-state index contributed by atoms with van der Waals surface area (Å²) in [5.74, 6) is -0.687. The average molecular weight is 320 g/mol. The van der Waals surface area contributed by atoms with E-state index in [1.807, 2.05) is 0 Å². The molecule has 1 fully saturated rings. The van der Waals surface area contributed by atoms with Gasteiger partial charge in [0.1, 0.15) is 11.3 Å². The van der Waals surface area contributed by atoms with Crippen LogP contribution >= 0.6 is 0 Å². The van der Waals surface area contributed by atoms with E-state index in [1.54, 1.807) is 32.0 Å². The Bertz CT molecular complexity index is 546. The van der Waals surface area contributed by atoms with Crippen LogP contribution < -0.4 is 4.74 Å². The van der Waals surface area contributed by atoms with Gasteiger partial charge in [-0.15, -0.1) is 0 Å². The number of rotatable bonds is 6. The van der Waals surface area contributed by atoms with E-state index < -0.39 is 11.9 Å². The van der Waals surface area contributed by atoms with Gasteiger partial charge in [-0.2, -0.15) is 0 Å². The van der Waals surface area contributed by atoms with Gasteiger partial charge in [0.15, 0.2) is 0 Å². The molecule has 1 saturated carbocycles. The normalized spacial score (nSPS) is 15.0. The molecule has 0 spiro atoms. The third kappa shape index (κ3) is 4.47. The molecule has 0 atom stereocenters. The summed E-state index contributed by atoms with van der Waals surface area (Å²) < 4.78 is 16.2. The van der Waals surface area contributed by atoms with Crippen molar-refractivity contribution in [3.63, 3.8) is 0 Å². The van der Waals surface area contributed by atoms with Gasteiger partial charge in [-0.3, -0.25) is 0 Å². The highest BCUT2D eigenvalue weighted by atomic mass is 16.5. The number of hydrogen-bond acceptors (Lipinski definition) is 5. The SMILES string of the molecule is CCOC(=O)c1cccc(OC2CCCCC2)c1C(=O)OCC. The molecule has 0 aromatic heterocycles. The Morgan fingerprint density at radius 2 is 1.65 bits per heavy atom. The predicted octanol–water partition coefficient (Wildman–Crippen LogP) is 3.75. The number of hydrogen-bond donors (Lipinski definition) is 0. The van der Waals surface area contributed by atoms with Crippen molar-refractivity contribution in [1.29, 1.82) is 0 Å². The maximum atomic E-state index is 12.3. The molecule has 5 nitrogen and oxygen atoms in total. The van der Waals surface area contributed by atoms with Gasteiger partial charge in [-0.25, -0.2) is 9.59 Å². The Balaban J connectivity index is 2.33. The standard InChI is InChI=1S/C18H24O5/c1-3-21-17(19)14-11-8-12-15(16(14)18(20)22-4-2)23-13-9-6-5-7-10-13/h8,11-13H,3-7,9-10H2,1-2H3. The van der Waals surface area contributed by atoms with Crippen molar-refractivity contribution >= 4 is 11.9 Å². The topological polar surface area (TPSA) is 61.8 Å². The number of benzene rings is 1. The molecule has 5 heteroatoms. The number of carbonyl (C=O) groups is 2. The zero-order valence-corrected chi connectivity index (χ0v) is 13.8. The lowest BCUT2D eigenvalue weighted by Gasteiger charge is -2.24. The first-order chi connectivity index (χ1) is 11.2. The second-order valence-corrected chi connectivity index (χ2v) is 5.50. The lowest BCUT2D eigenvalue weighted by Crippen LogP contribution is -2.22. The highest BCUT2D eigenvalue weighted by molar-refractivity contribution is 6.05. The van der Waals surface area contributed by atoms with E-state index in [2.05, 4.69) is 0 Å². The third-order valence-corrected chi connectivity index (χ3v) is 3.85. The Hall–Kier alpha value is -2.04. The molecule has 0 radical (unpaired) electrons. The van der Waals surface area contributed by atoms with Gasteiger partial charge < -0.3 is 14.2 Å². The van der Waals surface area contributed by atoms with Crippen molar-refractivity contribution in [2.45, 2.75) is 52.1 Å². The first-order valence-electron chi connectivity index (χ1n) is 8.31. The van der Waals surface area contributed by atoms with Crippen molar-refractivity contribution in [2.75, 3.05) is 13.2 Å². The molecule has 0 N–H and O–H groups in total. The van der Waals surface area contributed by atoms with E-state index in [-0.39, 0.29) is 30.4 Å². The molecule has 0 unspecified atom stereocenters. The van der Waals surface area contributed by atoms with E-state index >= 15 is 0 Å². The molecular weight excluding hydrogens is 296 g/mol. The van der Waals surface area contributed by atoms with E-state index in [1.165, 1.54) is 6.42 Å². The van der Waals surface area contributed by atoms with Crippen LogP contribution in [0.2, 0.25) is 0 Å². The fraction of sp³-hybridized carbons (Fsp3) is 0.556. The van der Waals surface area contributed by atoms with E-state index in [0.717, 1.165) is 25.7 Å². The molecule has 0 heterocycles. The van der Waals surface area contributed by atoms with E-state index in [9.17, 15) is 9.59 Å². The van der Waals surface area contributed by atoms with Crippen molar-refractivity contribution in [3.8, 4) is 5.75 Å². The molecule has 1 aromatic rings. The van der Waals surface area contributed by atoms with Crippen LogP contribution in [0, 0.1) is 0 Å². The quantitative estimate of drug-likeness (QED) is 0.747. The molecule has 1 aliphatic carbocycles. The summed E-state index contributed by atoms with van der Waals surface area (Å²) in [6, 6.07) is 4.98. The molecule has 0 bridgehead atoms. The number of ether oxygens (including phenoxy) is 3. The van der Waals surface area contributed by atoms with Crippen LogP contribution in [0.3, 0.4) is 0 Å². The highest BCUT2D eigenvalue weighted by Crippen LogP contribution is 2.29. The third-order valence-electron chi connectivity index (χ3n) is 3.85. The largest absolute Gasteiger partial charge is 0.490 e. The van der Waals surface area contributed by atoms with Gasteiger partial charge in [0.25, 0.3) is 0 Å². The summed E-state index contributed by atoms with van der Waals surface area (Å²) in [5.41, 5.74) is 0.358. The zero-order valence-electron chi connectivity index (χ0n) is 13.8. The molecular formula is C18H24O5. The Morgan fingerprint density at radius 3 is 2.30 bits per heavy atom. The fourth-order valence-corrected chi connectivity index (χ4v) is 2.78. The van der Waals surface area contributed by atoms with Crippen LogP contribution in [0.25, 0.3) is 0 Å². The monoisotopic (exact) mass is 320 g/mol. The molecule has 1 aliphatic rings. The molecule has 2 rings (SSSR count). The Kier molecular flexibility index (Phi) is 6.44. The molecule has 126 valence electrons. The molecule has 0 saturated heterocycles. The minimum absolute atomic E-state index is 0.0781. The fourth-order valence-electron chi connectivity index (χ4n) is 2.78. The maximum Gasteiger partial charge on any atom is 0.342 e. The summed E-state index contributed by atoms with van der Waals surface area (Å²) in [5, 5.41) is 0. The highest BCUT2D eigenvalue weighted by Gasteiger charge is 2.26. The summed E-state index contributed by atoms with van der Waals surface area (Å²) in [7, 11) is 0. The predicted molar refractivity (Wildman–Crippen MR) is 85.9 cm³/mol. The Labute approximate surface area is 136 Å². The van der Waals surface area contributed by atoms with E-state index in [4.69, 9.17) is 14.2 Å². The van der Waals surface area contributed by atoms with Crippen LogP contribution in [0.15, 0.2) is 18.2 Å². The van der Waals surface area contributed by atoms with Gasteiger partial charge >= 0.3 is 11.9 Å². The molecule has 0 aliphatic heterocycles. The van der Waals surface area contributed by atoms with Crippen LogP contribution in [0.4, 0.5) is 0 Å². The second kappa shape index (κ2) is 8.56. The van der Waals surface area contributed by atoms with Gasteiger partial charge in [-0.1, -0.05) is 12.5 Å². The summed E-state index contributed by atoms with van der Waals surface area (Å²) in [4.78, 5) is 24.5. The minimum Gasteiger partial charge on any atom is -0.490 e. The lowest BCUT2D eigenvalue weighted by atomic mass is 9.97.